The van der Waals surface area contributed by atoms with Crippen LogP contribution in [0.5, 0.6) is 11.6 Å². The zero-order chi connectivity index (χ0) is 19.3. The maximum absolute atomic E-state index is 12.8. The summed E-state index contributed by atoms with van der Waals surface area (Å²) in [5.74, 6) is 1.43. The van der Waals surface area contributed by atoms with Gasteiger partial charge in [0.25, 0.3) is 5.91 Å². The maximum atomic E-state index is 12.8. The average molecular weight is 374 g/mol. The Bertz CT molecular complexity index is 962. The molecule has 0 bridgehead atoms. The number of rotatable bonds is 4. The molecule has 6 nitrogen and oxygen atoms in total. The van der Waals surface area contributed by atoms with E-state index in [1.807, 2.05) is 36.1 Å². The fraction of sp³-hybridized carbons (Fsp3) is 0.273. The zero-order valence-corrected chi connectivity index (χ0v) is 15.8. The lowest BCUT2D eigenvalue weighted by Gasteiger charge is -2.32. The van der Waals surface area contributed by atoms with Gasteiger partial charge in [-0.3, -0.25) is 14.8 Å². The standard InChI is InChI=1S/C22H22N4O2/c1-16-5-2-3-7-20(16)28-21-14-24-13-19(25-21)18-6-4-12-26(15-18)22(27)17-8-10-23-11-9-17/h2-3,5,7-11,13-14,18H,4,6,12,15H2,1H3/t18-/m1/s1. The molecule has 0 saturated carbocycles. The Balaban J connectivity index is 1.49. The van der Waals surface area contributed by atoms with Crippen molar-refractivity contribution in [2.45, 2.75) is 25.7 Å². The molecule has 0 spiro atoms. The van der Waals surface area contributed by atoms with Crippen molar-refractivity contribution >= 4 is 5.91 Å². The molecule has 0 aliphatic carbocycles. The summed E-state index contributed by atoms with van der Waals surface area (Å²) in [5.41, 5.74) is 2.57. The number of carbonyl (C=O) groups is 1. The third-order valence-electron chi connectivity index (χ3n) is 4.99. The number of nitrogens with zero attached hydrogens (tertiary/aromatic N) is 4. The van der Waals surface area contributed by atoms with E-state index < -0.39 is 0 Å². The van der Waals surface area contributed by atoms with Gasteiger partial charge in [-0.2, -0.15) is 0 Å². The predicted octanol–water partition coefficient (Wildman–Crippen LogP) is 3.99. The van der Waals surface area contributed by atoms with E-state index in [2.05, 4.69) is 15.0 Å². The Hall–Kier alpha value is -3.28. The lowest BCUT2D eigenvalue weighted by atomic mass is 9.94. The second kappa shape index (κ2) is 8.17. The van der Waals surface area contributed by atoms with Gasteiger partial charge in [-0.25, -0.2) is 4.98 Å². The van der Waals surface area contributed by atoms with E-state index in [1.54, 1.807) is 36.9 Å². The Labute approximate surface area is 164 Å². The first kappa shape index (κ1) is 18.1. The van der Waals surface area contributed by atoms with E-state index >= 15 is 0 Å². The molecule has 28 heavy (non-hydrogen) atoms. The van der Waals surface area contributed by atoms with Crippen LogP contribution in [0.1, 0.15) is 40.4 Å². The number of amides is 1. The third kappa shape index (κ3) is 4.01. The molecule has 142 valence electrons. The van der Waals surface area contributed by atoms with Crippen LogP contribution in [0.25, 0.3) is 0 Å². The number of piperidine rings is 1. The molecule has 4 rings (SSSR count). The summed E-state index contributed by atoms with van der Waals surface area (Å²) in [6, 6.07) is 11.3. The molecule has 1 aliphatic rings. The Morgan fingerprint density at radius 3 is 2.75 bits per heavy atom. The first-order valence-electron chi connectivity index (χ1n) is 9.45. The Kier molecular flexibility index (Phi) is 5.28. The topological polar surface area (TPSA) is 68.2 Å². The second-order valence-corrected chi connectivity index (χ2v) is 6.98. The third-order valence-corrected chi connectivity index (χ3v) is 4.99. The minimum atomic E-state index is 0.0346. The van der Waals surface area contributed by atoms with Gasteiger partial charge in [0.1, 0.15) is 5.75 Å². The fourth-order valence-electron chi connectivity index (χ4n) is 3.47. The van der Waals surface area contributed by atoms with Crippen LogP contribution in [0, 0.1) is 6.92 Å². The molecule has 3 heterocycles. The van der Waals surface area contributed by atoms with Crippen molar-refractivity contribution in [3.8, 4) is 11.6 Å². The van der Waals surface area contributed by atoms with Crippen LogP contribution in [0.2, 0.25) is 0 Å². The molecule has 1 aromatic carbocycles. The van der Waals surface area contributed by atoms with Crippen LogP contribution in [-0.4, -0.2) is 38.8 Å². The van der Waals surface area contributed by atoms with Crippen molar-refractivity contribution in [2.75, 3.05) is 13.1 Å². The van der Waals surface area contributed by atoms with Crippen molar-refractivity contribution < 1.29 is 9.53 Å². The number of aryl methyl sites for hydroxylation is 1. The van der Waals surface area contributed by atoms with Crippen molar-refractivity contribution in [1.29, 1.82) is 0 Å². The van der Waals surface area contributed by atoms with Gasteiger partial charge in [-0.1, -0.05) is 18.2 Å². The van der Waals surface area contributed by atoms with Gasteiger partial charge in [0.2, 0.25) is 5.88 Å². The van der Waals surface area contributed by atoms with Crippen molar-refractivity contribution in [1.82, 2.24) is 19.9 Å². The highest BCUT2D eigenvalue weighted by Gasteiger charge is 2.26. The van der Waals surface area contributed by atoms with Crippen LogP contribution in [-0.2, 0) is 0 Å². The molecular formula is C22H22N4O2. The lowest BCUT2D eigenvalue weighted by Crippen LogP contribution is -2.39. The van der Waals surface area contributed by atoms with E-state index in [-0.39, 0.29) is 11.8 Å². The number of likely N-dealkylation sites (tertiary alicyclic amines) is 1. The molecule has 2 aromatic heterocycles. The number of hydrogen-bond acceptors (Lipinski definition) is 5. The lowest BCUT2D eigenvalue weighted by molar-refractivity contribution is 0.0705. The van der Waals surface area contributed by atoms with Crippen molar-refractivity contribution in [3.05, 3.63) is 78.0 Å². The highest BCUT2D eigenvalue weighted by Crippen LogP contribution is 2.29. The van der Waals surface area contributed by atoms with E-state index in [0.29, 0.717) is 18.0 Å². The smallest absolute Gasteiger partial charge is 0.253 e. The van der Waals surface area contributed by atoms with Crippen LogP contribution >= 0.6 is 0 Å². The predicted molar refractivity (Wildman–Crippen MR) is 105 cm³/mol. The molecule has 0 N–H and O–H groups in total. The first-order chi connectivity index (χ1) is 13.7. The van der Waals surface area contributed by atoms with Crippen LogP contribution in [0.3, 0.4) is 0 Å². The molecule has 0 radical (unpaired) electrons. The van der Waals surface area contributed by atoms with Gasteiger partial charge in [0.05, 0.1) is 11.9 Å². The summed E-state index contributed by atoms with van der Waals surface area (Å²) >= 11 is 0. The summed E-state index contributed by atoms with van der Waals surface area (Å²) in [7, 11) is 0. The summed E-state index contributed by atoms with van der Waals surface area (Å²) < 4.78 is 5.92. The van der Waals surface area contributed by atoms with Crippen LogP contribution in [0.4, 0.5) is 0 Å². The number of carbonyl (C=O) groups excluding carboxylic acids is 1. The molecule has 1 fully saturated rings. The quantitative estimate of drug-likeness (QED) is 0.691. The van der Waals surface area contributed by atoms with Gasteiger partial charge < -0.3 is 9.64 Å². The molecule has 6 heteroatoms. The number of pyridine rings is 1. The summed E-state index contributed by atoms with van der Waals surface area (Å²) in [6.45, 7) is 3.38. The highest BCUT2D eigenvalue weighted by atomic mass is 16.5. The number of ether oxygens (including phenoxy) is 1. The van der Waals surface area contributed by atoms with E-state index in [0.717, 1.165) is 36.4 Å². The minimum absolute atomic E-state index is 0.0346. The first-order valence-corrected chi connectivity index (χ1v) is 9.45. The average Bonchev–Trinajstić information content (AvgIpc) is 2.76. The van der Waals surface area contributed by atoms with Gasteiger partial charge in [-0.05, 0) is 43.5 Å². The normalized spacial score (nSPS) is 16.6. The van der Waals surface area contributed by atoms with Crippen molar-refractivity contribution in [2.24, 2.45) is 0 Å². The summed E-state index contributed by atoms with van der Waals surface area (Å²) in [6.07, 6.45) is 8.60. The Morgan fingerprint density at radius 2 is 1.93 bits per heavy atom. The molecule has 1 atom stereocenters. The van der Waals surface area contributed by atoms with E-state index in [4.69, 9.17) is 4.74 Å². The summed E-state index contributed by atoms with van der Waals surface area (Å²) in [4.78, 5) is 27.6. The maximum Gasteiger partial charge on any atom is 0.253 e. The number of para-hydroxylation sites is 1. The molecule has 0 unspecified atom stereocenters. The molecule has 1 aliphatic heterocycles. The van der Waals surface area contributed by atoms with Gasteiger partial charge >= 0.3 is 0 Å². The fourth-order valence-corrected chi connectivity index (χ4v) is 3.47. The Morgan fingerprint density at radius 1 is 1.11 bits per heavy atom. The van der Waals surface area contributed by atoms with Gasteiger partial charge in [0, 0.05) is 43.2 Å². The van der Waals surface area contributed by atoms with Crippen LogP contribution in [0.15, 0.2) is 61.2 Å². The van der Waals surface area contributed by atoms with Gasteiger partial charge in [-0.15, -0.1) is 0 Å². The summed E-state index contributed by atoms with van der Waals surface area (Å²) in [5, 5.41) is 0. The highest BCUT2D eigenvalue weighted by molar-refractivity contribution is 5.94. The number of aromatic nitrogens is 3. The van der Waals surface area contributed by atoms with Crippen molar-refractivity contribution in [3.63, 3.8) is 0 Å². The largest absolute Gasteiger partial charge is 0.437 e. The molecular weight excluding hydrogens is 352 g/mol. The SMILES string of the molecule is Cc1ccccc1Oc1cncc([C@@H]2CCCN(C(=O)c3ccncc3)C2)n1. The molecule has 1 saturated heterocycles. The van der Waals surface area contributed by atoms with E-state index in [9.17, 15) is 4.79 Å². The number of hydrogen-bond donors (Lipinski definition) is 0. The monoisotopic (exact) mass is 374 g/mol. The minimum Gasteiger partial charge on any atom is -0.437 e. The zero-order valence-electron chi connectivity index (χ0n) is 15.8. The van der Waals surface area contributed by atoms with E-state index in [1.165, 1.54) is 0 Å². The molecule has 3 aromatic rings. The number of benzene rings is 1. The van der Waals surface area contributed by atoms with Gasteiger partial charge in [0.15, 0.2) is 0 Å². The molecule has 1 amide bonds. The van der Waals surface area contributed by atoms with Crippen LogP contribution < -0.4 is 4.74 Å². The second-order valence-electron chi connectivity index (χ2n) is 6.98.